The highest BCUT2D eigenvalue weighted by Crippen LogP contribution is 2.45. The fraction of sp³-hybridized carbons (Fsp3) is 0.500. The van der Waals surface area contributed by atoms with Crippen LogP contribution in [0.2, 0.25) is 5.28 Å². The number of anilines is 1. The third-order valence-corrected chi connectivity index (χ3v) is 8.45. The fourth-order valence-corrected chi connectivity index (χ4v) is 6.21. The zero-order chi connectivity index (χ0) is 28.3. The topological polar surface area (TPSA) is 193 Å². The van der Waals surface area contributed by atoms with E-state index in [1.807, 2.05) is 0 Å². The molecule has 40 heavy (non-hydrogen) atoms. The maximum atomic E-state index is 13.7. The van der Waals surface area contributed by atoms with Gasteiger partial charge in [-0.2, -0.15) is 0 Å². The van der Waals surface area contributed by atoms with Crippen molar-refractivity contribution in [2.24, 2.45) is 0 Å². The Kier molecular flexibility index (Phi) is 8.86. The lowest BCUT2D eigenvalue weighted by Crippen LogP contribution is -2.35. The molecular weight excluding hydrogens is 567 g/mol. The summed E-state index contributed by atoms with van der Waals surface area (Å²) < 4.78 is 37.5. The van der Waals surface area contributed by atoms with Gasteiger partial charge in [-0.05, 0) is 49.4 Å². The molecule has 1 aromatic carbocycles. The van der Waals surface area contributed by atoms with Gasteiger partial charge in [0.1, 0.15) is 43.0 Å². The molecule has 1 saturated carbocycles. The number of aromatic nitrogens is 4. The number of fused-ring (bicyclic) bond motifs is 1. The number of hydrogen-bond acceptors (Lipinski definition) is 12. The summed E-state index contributed by atoms with van der Waals surface area (Å²) in [5.41, 5.74) is 6.23. The van der Waals surface area contributed by atoms with Crippen LogP contribution in [0.25, 0.3) is 11.2 Å². The molecule has 2 fully saturated rings. The number of nitrogen functional groups attached to an aromatic ring is 1. The van der Waals surface area contributed by atoms with E-state index in [-0.39, 0.29) is 34.1 Å². The molecule has 1 saturated heterocycles. The third-order valence-electron chi connectivity index (χ3n) is 6.70. The summed E-state index contributed by atoms with van der Waals surface area (Å²) in [6.45, 7) is -0.914. The minimum atomic E-state index is -4.19. The van der Waals surface area contributed by atoms with E-state index < -0.39 is 51.4 Å². The summed E-state index contributed by atoms with van der Waals surface area (Å²) in [5, 5.41) is 23.9. The summed E-state index contributed by atoms with van der Waals surface area (Å²) in [6.07, 6.45) is 0.340. The highest BCUT2D eigenvalue weighted by Gasteiger charge is 2.46. The van der Waals surface area contributed by atoms with Gasteiger partial charge < -0.3 is 29.9 Å². The Morgan fingerprint density at radius 2 is 1.93 bits per heavy atom. The average molecular weight is 597 g/mol. The molecule has 1 aliphatic carbocycles. The largest absolute Gasteiger partial charge is 0.461 e. The van der Waals surface area contributed by atoms with Gasteiger partial charge in [-0.15, -0.1) is 0 Å². The van der Waals surface area contributed by atoms with E-state index in [4.69, 9.17) is 35.9 Å². The minimum absolute atomic E-state index is 0.0747. The molecule has 0 amide bonds. The number of nitrogens with zero attached hydrogens (tertiary/aromatic N) is 4. The van der Waals surface area contributed by atoms with Crippen molar-refractivity contribution in [3.8, 4) is 5.75 Å². The number of halogens is 1. The van der Waals surface area contributed by atoms with E-state index in [9.17, 15) is 19.6 Å². The summed E-state index contributed by atoms with van der Waals surface area (Å²) in [5.74, 6) is -0.299. The Bertz CT molecular complexity index is 1370. The van der Waals surface area contributed by atoms with Gasteiger partial charge in [0.25, 0.3) is 0 Å². The molecule has 0 bridgehead atoms. The number of aliphatic hydroxyl groups is 2. The lowest BCUT2D eigenvalue weighted by atomic mass is 9.98. The number of carbonyl (C=O) groups is 1. The zero-order valence-electron chi connectivity index (χ0n) is 21.3. The molecule has 5 atom stereocenters. The van der Waals surface area contributed by atoms with Gasteiger partial charge in [-0.1, -0.05) is 24.6 Å². The van der Waals surface area contributed by atoms with E-state index in [1.165, 1.54) is 10.9 Å². The highest BCUT2D eigenvalue weighted by atomic mass is 35.5. The second-order valence-electron chi connectivity index (χ2n) is 9.51. The zero-order valence-corrected chi connectivity index (χ0v) is 23.0. The van der Waals surface area contributed by atoms with E-state index in [0.717, 1.165) is 32.1 Å². The van der Waals surface area contributed by atoms with Crippen molar-refractivity contribution < 1.29 is 38.1 Å². The van der Waals surface area contributed by atoms with Crippen LogP contribution in [0, 0.1) is 0 Å². The molecule has 2 aliphatic rings. The van der Waals surface area contributed by atoms with Crippen molar-refractivity contribution in [1.29, 1.82) is 0 Å². The standard InChI is InChI=1S/C24H30ClN6O8P/c25-24-30-18-21(26)27-13-28-22(18)31(24)23-20(34)19(33)16(38-23)12-36-40(35,39-15-9-5-2-6-10-15)29-11-17(32)37-14-7-3-1-4-8-14/h2,5-6,9-10,13-14,16,19-20,23,33-34H,1,3-4,7-8,11-12H2,(H,29,35)(H2,26,27,28)/t16-,19-,20-,23-,40?/m1/s1. The van der Waals surface area contributed by atoms with Gasteiger partial charge in [-0.25, -0.2) is 24.6 Å². The summed E-state index contributed by atoms with van der Waals surface area (Å²) in [4.78, 5) is 24.5. The first-order chi connectivity index (χ1) is 19.2. The number of rotatable bonds is 10. The van der Waals surface area contributed by atoms with Crippen molar-refractivity contribution in [1.82, 2.24) is 24.6 Å². The first-order valence-electron chi connectivity index (χ1n) is 12.8. The fourth-order valence-electron chi connectivity index (χ4n) is 4.67. The van der Waals surface area contributed by atoms with Crippen molar-refractivity contribution >= 4 is 42.3 Å². The Morgan fingerprint density at radius 3 is 2.67 bits per heavy atom. The first-order valence-corrected chi connectivity index (χ1v) is 14.8. The van der Waals surface area contributed by atoms with Crippen LogP contribution in [0.1, 0.15) is 38.3 Å². The lowest BCUT2D eigenvalue weighted by molar-refractivity contribution is -0.149. The Hall–Kier alpha value is -2.84. The van der Waals surface area contributed by atoms with Crippen LogP contribution in [0.15, 0.2) is 36.7 Å². The minimum Gasteiger partial charge on any atom is -0.461 e. The van der Waals surface area contributed by atoms with E-state index in [2.05, 4.69) is 20.0 Å². The van der Waals surface area contributed by atoms with Gasteiger partial charge in [0.15, 0.2) is 23.2 Å². The molecule has 3 heterocycles. The lowest BCUT2D eigenvalue weighted by Gasteiger charge is -2.24. The molecule has 16 heteroatoms. The number of nitrogens with one attached hydrogen (secondary N) is 1. The van der Waals surface area contributed by atoms with Crippen molar-refractivity contribution in [2.45, 2.75) is 62.7 Å². The molecule has 1 aliphatic heterocycles. The normalized spacial score (nSPS) is 25.1. The molecule has 5 rings (SSSR count). The van der Waals surface area contributed by atoms with Crippen LogP contribution in [0.4, 0.5) is 5.82 Å². The number of imidazole rings is 1. The van der Waals surface area contributed by atoms with Gasteiger partial charge in [-0.3, -0.25) is 13.9 Å². The van der Waals surface area contributed by atoms with Crippen LogP contribution >= 0.6 is 19.3 Å². The van der Waals surface area contributed by atoms with Crippen LogP contribution < -0.4 is 15.3 Å². The molecular formula is C24H30ClN6O8P. The van der Waals surface area contributed by atoms with Crippen LogP contribution in [-0.2, 0) is 23.4 Å². The first kappa shape index (κ1) is 28.7. The molecule has 3 aromatic rings. The maximum absolute atomic E-state index is 13.7. The monoisotopic (exact) mass is 596 g/mol. The van der Waals surface area contributed by atoms with Crippen molar-refractivity contribution in [3.05, 3.63) is 41.9 Å². The number of hydrogen-bond donors (Lipinski definition) is 4. The second kappa shape index (κ2) is 12.4. The highest BCUT2D eigenvalue weighted by molar-refractivity contribution is 7.52. The van der Waals surface area contributed by atoms with E-state index in [1.54, 1.807) is 30.3 Å². The molecule has 216 valence electrons. The number of benzene rings is 1. The average Bonchev–Trinajstić information content (AvgIpc) is 3.43. The molecule has 0 radical (unpaired) electrons. The van der Waals surface area contributed by atoms with Crippen molar-refractivity contribution in [3.63, 3.8) is 0 Å². The summed E-state index contributed by atoms with van der Waals surface area (Å²) in [7, 11) is -4.19. The van der Waals surface area contributed by atoms with Crippen LogP contribution in [-0.4, -0.2) is 73.3 Å². The predicted octanol–water partition coefficient (Wildman–Crippen LogP) is 2.35. The quantitative estimate of drug-likeness (QED) is 0.151. The summed E-state index contributed by atoms with van der Waals surface area (Å²) >= 11 is 6.27. The molecule has 2 aromatic heterocycles. The second-order valence-corrected chi connectivity index (χ2v) is 11.6. The maximum Gasteiger partial charge on any atom is 0.459 e. The van der Waals surface area contributed by atoms with Gasteiger partial charge in [0.05, 0.1) is 6.61 Å². The van der Waals surface area contributed by atoms with Gasteiger partial charge >= 0.3 is 13.7 Å². The molecule has 5 N–H and O–H groups in total. The molecule has 1 unspecified atom stereocenters. The third kappa shape index (κ3) is 6.39. The van der Waals surface area contributed by atoms with E-state index in [0.29, 0.717) is 0 Å². The predicted molar refractivity (Wildman–Crippen MR) is 142 cm³/mol. The van der Waals surface area contributed by atoms with Crippen LogP contribution in [0.3, 0.4) is 0 Å². The van der Waals surface area contributed by atoms with Gasteiger partial charge in [0, 0.05) is 0 Å². The van der Waals surface area contributed by atoms with Gasteiger partial charge in [0.2, 0.25) is 5.28 Å². The summed E-state index contributed by atoms with van der Waals surface area (Å²) in [6, 6.07) is 8.24. The number of carbonyl (C=O) groups excluding carboxylic acids is 1. The number of para-hydroxylation sites is 1. The van der Waals surface area contributed by atoms with E-state index >= 15 is 0 Å². The number of ether oxygens (including phenoxy) is 2. The van der Waals surface area contributed by atoms with Crippen molar-refractivity contribution in [2.75, 3.05) is 18.9 Å². The number of aliphatic hydroxyl groups excluding tert-OH is 2. The molecule has 14 nitrogen and oxygen atoms in total. The smallest absolute Gasteiger partial charge is 0.459 e. The van der Waals surface area contributed by atoms with Crippen LogP contribution in [0.5, 0.6) is 5.75 Å². The Balaban J connectivity index is 1.27. The Labute approximate surface area is 234 Å². The SMILES string of the molecule is Nc1ncnc2c1nc(Cl)n2[C@@H]1O[C@H](COP(=O)(NCC(=O)OC2CCCCC2)Oc2ccccc2)[C@@H](O)[C@H]1O. The number of esters is 1. The Morgan fingerprint density at radius 1 is 1.18 bits per heavy atom. The molecule has 0 spiro atoms. The number of nitrogens with two attached hydrogens (primary N) is 1.